The minimum atomic E-state index is -0.827. The van der Waals surface area contributed by atoms with Crippen molar-refractivity contribution in [3.8, 4) is 5.75 Å². The van der Waals surface area contributed by atoms with Gasteiger partial charge in [-0.2, -0.15) is 0 Å². The maximum absolute atomic E-state index is 12.0. The number of carbonyl (C=O) groups is 1. The summed E-state index contributed by atoms with van der Waals surface area (Å²) < 4.78 is 5.06. The van der Waals surface area contributed by atoms with Gasteiger partial charge in [0.05, 0.1) is 19.3 Å². The molecule has 1 saturated heterocycles. The largest absolute Gasteiger partial charge is 0.497 e. The van der Waals surface area contributed by atoms with Gasteiger partial charge in [0.25, 0.3) is 0 Å². The van der Waals surface area contributed by atoms with E-state index in [1.807, 2.05) is 0 Å². The van der Waals surface area contributed by atoms with E-state index in [9.17, 15) is 9.90 Å². The Morgan fingerprint density at radius 3 is 2.75 bits per heavy atom. The van der Waals surface area contributed by atoms with Gasteiger partial charge in [-0.15, -0.1) is 0 Å². The normalized spacial score (nSPS) is 21.6. The number of methoxy groups -OCH3 is 1. The summed E-state index contributed by atoms with van der Waals surface area (Å²) in [4.78, 5) is 13.5. The van der Waals surface area contributed by atoms with Gasteiger partial charge in [0.1, 0.15) is 5.75 Å². The molecule has 110 valence electrons. The first kappa shape index (κ1) is 14.6. The van der Waals surface area contributed by atoms with E-state index in [2.05, 4.69) is 10.6 Å². The predicted octanol–water partition coefficient (Wildman–Crippen LogP) is 0.883. The van der Waals surface area contributed by atoms with Crippen LogP contribution in [0.5, 0.6) is 5.75 Å². The highest BCUT2D eigenvalue weighted by molar-refractivity contribution is 5.89. The van der Waals surface area contributed by atoms with Crippen molar-refractivity contribution < 1.29 is 14.6 Å². The van der Waals surface area contributed by atoms with Crippen LogP contribution in [0.2, 0.25) is 0 Å². The molecule has 20 heavy (non-hydrogen) atoms. The van der Waals surface area contributed by atoms with Crippen LogP contribution in [0.1, 0.15) is 6.42 Å². The average Bonchev–Trinajstić information content (AvgIpc) is 2.86. The Kier molecular flexibility index (Phi) is 4.46. The lowest BCUT2D eigenvalue weighted by Gasteiger charge is -2.28. The van der Waals surface area contributed by atoms with Crippen molar-refractivity contribution in [2.24, 2.45) is 0 Å². The molecule has 1 atom stereocenters. The van der Waals surface area contributed by atoms with E-state index < -0.39 is 5.60 Å². The fourth-order valence-electron chi connectivity index (χ4n) is 2.27. The second-order valence-electron chi connectivity index (χ2n) is 5.17. The van der Waals surface area contributed by atoms with Crippen LogP contribution in [0, 0.1) is 0 Å². The number of hydrogen-bond acceptors (Lipinski definition) is 4. The Labute approximate surface area is 118 Å². The van der Waals surface area contributed by atoms with Gasteiger partial charge >= 0.3 is 6.03 Å². The highest BCUT2D eigenvalue weighted by Gasteiger charge is 2.33. The Bertz CT molecular complexity index is 455. The number of nitrogens with one attached hydrogen (secondary N) is 2. The molecule has 6 heteroatoms. The van der Waals surface area contributed by atoms with Gasteiger partial charge in [0, 0.05) is 19.3 Å². The molecule has 1 aromatic carbocycles. The number of rotatable bonds is 4. The van der Waals surface area contributed by atoms with E-state index in [4.69, 9.17) is 4.74 Å². The van der Waals surface area contributed by atoms with Crippen LogP contribution in [-0.4, -0.2) is 55.4 Å². The molecule has 0 spiro atoms. The maximum Gasteiger partial charge on any atom is 0.321 e. The lowest BCUT2D eigenvalue weighted by molar-refractivity contribution is 0.0384. The first-order valence-electron chi connectivity index (χ1n) is 6.62. The third-order valence-corrected chi connectivity index (χ3v) is 3.44. The molecule has 1 aliphatic rings. The number of nitrogens with zero attached hydrogens (tertiary/aromatic N) is 1. The smallest absolute Gasteiger partial charge is 0.321 e. The van der Waals surface area contributed by atoms with Gasteiger partial charge in [-0.25, -0.2) is 4.79 Å². The van der Waals surface area contributed by atoms with Gasteiger partial charge in [-0.05, 0) is 37.2 Å². The molecule has 0 radical (unpaired) electrons. The molecular formula is C14H21N3O3. The summed E-state index contributed by atoms with van der Waals surface area (Å²) in [6.07, 6.45) is 0.660. The Balaban J connectivity index is 1.89. The standard InChI is InChI=1S/C14H21N3O3/c1-17(10-14(19)7-8-15-9-14)13(18)16-11-3-5-12(20-2)6-4-11/h3-6,15,19H,7-10H2,1-2H3,(H,16,18). The lowest BCUT2D eigenvalue weighted by atomic mass is 10.0. The molecule has 1 aromatic rings. The van der Waals surface area contributed by atoms with Crippen LogP contribution in [0.25, 0.3) is 0 Å². The Morgan fingerprint density at radius 1 is 1.50 bits per heavy atom. The number of urea groups is 1. The molecule has 6 nitrogen and oxygen atoms in total. The fourth-order valence-corrected chi connectivity index (χ4v) is 2.27. The summed E-state index contributed by atoms with van der Waals surface area (Å²) in [5, 5.41) is 16.1. The van der Waals surface area contributed by atoms with Crippen molar-refractivity contribution in [3.63, 3.8) is 0 Å². The third kappa shape index (κ3) is 3.61. The van der Waals surface area contributed by atoms with E-state index in [0.717, 1.165) is 12.3 Å². The number of hydrogen-bond donors (Lipinski definition) is 3. The molecule has 3 N–H and O–H groups in total. The Morgan fingerprint density at radius 2 is 2.20 bits per heavy atom. The number of benzene rings is 1. The van der Waals surface area contributed by atoms with Gasteiger partial charge < -0.3 is 25.4 Å². The number of anilines is 1. The fraction of sp³-hybridized carbons (Fsp3) is 0.500. The molecule has 2 rings (SSSR count). The van der Waals surface area contributed by atoms with Crippen LogP contribution >= 0.6 is 0 Å². The van der Waals surface area contributed by atoms with Crippen molar-refractivity contribution in [1.82, 2.24) is 10.2 Å². The molecule has 0 saturated carbocycles. The minimum Gasteiger partial charge on any atom is -0.497 e. The molecule has 1 aliphatic heterocycles. The number of aliphatic hydroxyl groups is 1. The topological polar surface area (TPSA) is 73.8 Å². The van der Waals surface area contributed by atoms with Gasteiger partial charge in [-0.1, -0.05) is 0 Å². The van der Waals surface area contributed by atoms with Crippen LogP contribution in [0.3, 0.4) is 0 Å². The molecule has 1 unspecified atom stereocenters. The summed E-state index contributed by atoms with van der Waals surface area (Å²) in [7, 11) is 3.27. The molecular weight excluding hydrogens is 258 g/mol. The molecule has 0 bridgehead atoms. The number of β-amino-alcohol motifs (C(OH)–C–C–N with tert-alkyl or cyclic N) is 1. The zero-order valence-electron chi connectivity index (χ0n) is 11.8. The minimum absolute atomic E-state index is 0.240. The van der Waals surface area contributed by atoms with Crippen LogP contribution < -0.4 is 15.4 Å². The van der Waals surface area contributed by atoms with Gasteiger partial charge in [-0.3, -0.25) is 0 Å². The monoisotopic (exact) mass is 279 g/mol. The predicted molar refractivity (Wildman–Crippen MR) is 77.1 cm³/mol. The molecule has 2 amide bonds. The average molecular weight is 279 g/mol. The van der Waals surface area contributed by atoms with Crippen molar-refractivity contribution in [3.05, 3.63) is 24.3 Å². The third-order valence-electron chi connectivity index (χ3n) is 3.44. The molecule has 1 fully saturated rings. The SMILES string of the molecule is COc1ccc(NC(=O)N(C)CC2(O)CCNC2)cc1. The van der Waals surface area contributed by atoms with E-state index in [1.54, 1.807) is 38.4 Å². The molecule has 0 aromatic heterocycles. The highest BCUT2D eigenvalue weighted by Crippen LogP contribution is 2.17. The highest BCUT2D eigenvalue weighted by atomic mass is 16.5. The molecule has 1 heterocycles. The quantitative estimate of drug-likeness (QED) is 0.765. The van der Waals surface area contributed by atoms with E-state index in [-0.39, 0.29) is 6.03 Å². The Hall–Kier alpha value is -1.79. The second kappa shape index (κ2) is 6.11. The van der Waals surface area contributed by atoms with Crippen molar-refractivity contribution >= 4 is 11.7 Å². The summed E-state index contributed by atoms with van der Waals surface area (Å²) in [5.74, 6) is 0.739. The summed E-state index contributed by atoms with van der Waals surface area (Å²) >= 11 is 0. The molecule has 0 aliphatic carbocycles. The second-order valence-corrected chi connectivity index (χ2v) is 5.17. The number of carbonyl (C=O) groups excluding carboxylic acids is 1. The van der Waals surface area contributed by atoms with Crippen molar-refractivity contribution in [1.29, 1.82) is 0 Å². The van der Waals surface area contributed by atoms with Crippen LogP contribution in [-0.2, 0) is 0 Å². The number of ether oxygens (including phenoxy) is 1. The van der Waals surface area contributed by atoms with Crippen LogP contribution in [0.4, 0.5) is 10.5 Å². The van der Waals surface area contributed by atoms with E-state index >= 15 is 0 Å². The number of amides is 2. The lowest BCUT2D eigenvalue weighted by Crippen LogP contribution is -2.46. The number of likely N-dealkylation sites (N-methyl/N-ethyl adjacent to an activating group) is 1. The van der Waals surface area contributed by atoms with Crippen LogP contribution in [0.15, 0.2) is 24.3 Å². The summed E-state index contributed by atoms with van der Waals surface area (Å²) in [5.41, 5.74) is -0.134. The first-order chi connectivity index (χ1) is 9.52. The first-order valence-corrected chi connectivity index (χ1v) is 6.62. The zero-order chi connectivity index (χ0) is 14.6. The summed E-state index contributed by atoms with van der Waals surface area (Å²) in [6.45, 7) is 1.61. The van der Waals surface area contributed by atoms with E-state index in [0.29, 0.717) is 25.2 Å². The summed E-state index contributed by atoms with van der Waals surface area (Å²) in [6, 6.07) is 6.87. The zero-order valence-corrected chi connectivity index (χ0v) is 11.8. The van der Waals surface area contributed by atoms with Crippen molar-refractivity contribution in [2.45, 2.75) is 12.0 Å². The van der Waals surface area contributed by atoms with E-state index in [1.165, 1.54) is 4.90 Å². The maximum atomic E-state index is 12.0. The van der Waals surface area contributed by atoms with Crippen molar-refractivity contribution in [2.75, 3.05) is 39.1 Å². The van der Waals surface area contributed by atoms with Gasteiger partial charge in [0.2, 0.25) is 0 Å². The van der Waals surface area contributed by atoms with Gasteiger partial charge in [0.15, 0.2) is 0 Å².